The molecule has 31 heavy (non-hydrogen) atoms. The molecule has 4 aromatic rings. The summed E-state index contributed by atoms with van der Waals surface area (Å²) >= 11 is 2.84. The van der Waals surface area contributed by atoms with Crippen LogP contribution in [0.15, 0.2) is 87.7 Å². The third-order valence-corrected chi connectivity index (χ3v) is 6.21. The molecule has 8 heteroatoms. The van der Waals surface area contributed by atoms with E-state index in [9.17, 15) is 9.59 Å². The summed E-state index contributed by atoms with van der Waals surface area (Å²) in [7, 11) is 0. The molecule has 2 N–H and O–H groups in total. The monoisotopic (exact) mass is 449 g/mol. The van der Waals surface area contributed by atoms with E-state index in [2.05, 4.69) is 15.6 Å². The van der Waals surface area contributed by atoms with Gasteiger partial charge < -0.3 is 15.1 Å². The molecule has 0 saturated carbocycles. The molecule has 0 aliphatic rings. The van der Waals surface area contributed by atoms with E-state index in [0.717, 1.165) is 16.2 Å². The topological polar surface area (TPSA) is 84.2 Å². The number of aromatic nitrogens is 1. The summed E-state index contributed by atoms with van der Waals surface area (Å²) in [5.41, 5.74) is 2.51. The number of carbonyl (C=O) groups excluding carboxylic acids is 2. The zero-order valence-corrected chi connectivity index (χ0v) is 18.2. The first-order chi connectivity index (χ1) is 15.1. The maximum absolute atomic E-state index is 12.6. The minimum absolute atomic E-state index is 0.117. The number of hydrogen-bond acceptors (Lipinski definition) is 6. The van der Waals surface area contributed by atoms with Crippen molar-refractivity contribution < 1.29 is 14.0 Å². The van der Waals surface area contributed by atoms with Gasteiger partial charge in [-0.1, -0.05) is 30.3 Å². The van der Waals surface area contributed by atoms with Crippen molar-refractivity contribution in [2.75, 3.05) is 10.6 Å². The molecule has 156 valence electrons. The van der Waals surface area contributed by atoms with Crippen molar-refractivity contribution in [2.45, 2.75) is 17.1 Å². The van der Waals surface area contributed by atoms with Gasteiger partial charge in [0, 0.05) is 21.5 Å². The standard InChI is InChI=1S/C23H19N3O3S2/c1-15(21(27)26-23-25-19(14-30-23)16-6-3-2-4-7-16)31-18-11-9-17(10-12-18)24-22(28)20-8-5-13-29-20/h2-15H,1H3,(H,24,28)(H,25,26,27). The summed E-state index contributed by atoms with van der Waals surface area (Å²) in [6.07, 6.45) is 1.45. The van der Waals surface area contributed by atoms with E-state index < -0.39 is 0 Å². The van der Waals surface area contributed by atoms with Gasteiger partial charge in [0.15, 0.2) is 10.9 Å². The molecule has 1 unspecified atom stereocenters. The van der Waals surface area contributed by atoms with E-state index in [1.807, 2.05) is 54.8 Å². The van der Waals surface area contributed by atoms with E-state index in [1.165, 1.54) is 29.4 Å². The second-order valence-corrected chi connectivity index (χ2v) is 8.88. The van der Waals surface area contributed by atoms with E-state index in [1.54, 1.807) is 24.3 Å². The summed E-state index contributed by atoms with van der Waals surface area (Å²) in [4.78, 5) is 30.0. The molecule has 1 atom stereocenters. The number of hydrogen-bond donors (Lipinski definition) is 2. The van der Waals surface area contributed by atoms with Crippen LogP contribution in [0.5, 0.6) is 0 Å². The Balaban J connectivity index is 1.31. The lowest BCUT2D eigenvalue weighted by atomic mass is 10.2. The van der Waals surface area contributed by atoms with Crippen LogP contribution in [-0.4, -0.2) is 22.0 Å². The van der Waals surface area contributed by atoms with Crippen LogP contribution in [0.1, 0.15) is 17.5 Å². The van der Waals surface area contributed by atoms with Crippen LogP contribution in [0.25, 0.3) is 11.3 Å². The predicted molar refractivity (Wildman–Crippen MR) is 125 cm³/mol. The quantitative estimate of drug-likeness (QED) is 0.350. The van der Waals surface area contributed by atoms with Gasteiger partial charge in [-0.05, 0) is 43.3 Å². The summed E-state index contributed by atoms with van der Waals surface area (Å²) in [6, 6.07) is 20.4. The highest BCUT2D eigenvalue weighted by atomic mass is 32.2. The van der Waals surface area contributed by atoms with Crippen LogP contribution in [-0.2, 0) is 4.79 Å². The Bertz CT molecular complexity index is 1160. The number of carbonyl (C=O) groups is 2. The Morgan fingerprint density at radius 2 is 1.77 bits per heavy atom. The minimum atomic E-state index is -0.312. The van der Waals surface area contributed by atoms with Gasteiger partial charge in [-0.15, -0.1) is 23.1 Å². The van der Waals surface area contributed by atoms with Crippen molar-refractivity contribution in [3.63, 3.8) is 0 Å². The summed E-state index contributed by atoms with van der Waals surface area (Å²) < 4.78 is 5.08. The number of furan rings is 1. The lowest BCUT2D eigenvalue weighted by Gasteiger charge is -2.11. The fraction of sp³-hybridized carbons (Fsp3) is 0.0870. The highest BCUT2D eigenvalue weighted by molar-refractivity contribution is 8.00. The molecular weight excluding hydrogens is 430 g/mol. The third-order valence-electron chi connectivity index (χ3n) is 4.34. The van der Waals surface area contributed by atoms with Gasteiger partial charge in [-0.2, -0.15) is 0 Å². The van der Waals surface area contributed by atoms with Crippen molar-refractivity contribution in [1.29, 1.82) is 0 Å². The summed E-state index contributed by atoms with van der Waals surface area (Å²) in [5.74, 6) is -0.174. The Labute approximate surface area is 187 Å². The van der Waals surface area contributed by atoms with E-state index in [0.29, 0.717) is 10.8 Å². The Hall–Kier alpha value is -3.36. The van der Waals surface area contributed by atoms with Crippen LogP contribution in [0, 0.1) is 0 Å². The van der Waals surface area contributed by atoms with Crippen molar-refractivity contribution in [3.05, 3.63) is 84.1 Å². The van der Waals surface area contributed by atoms with Crippen LogP contribution >= 0.6 is 23.1 Å². The van der Waals surface area contributed by atoms with Crippen LogP contribution in [0.3, 0.4) is 0 Å². The van der Waals surface area contributed by atoms with E-state index >= 15 is 0 Å². The summed E-state index contributed by atoms with van der Waals surface area (Å²) in [5, 5.41) is 7.85. The molecule has 0 aliphatic carbocycles. The SMILES string of the molecule is CC(Sc1ccc(NC(=O)c2ccco2)cc1)C(=O)Nc1nc(-c2ccccc2)cs1. The number of amides is 2. The molecule has 0 fully saturated rings. The van der Waals surface area contributed by atoms with Gasteiger partial charge >= 0.3 is 0 Å². The number of thiazole rings is 1. The molecule has 0 aliphatic heterocycles. The average molecular weight is 450 g/mol. The molecule has 2 heterocycles. The molecule has 0 radical (unpaired) electrons. The third kappa shape index (κ3) is 5.42. The van der Waals surface area contributed by atoms with Gasteiger partial charge in [0.05, 0.1) is 17.2 Å². The first-order valence-electron chi connectivity index (χ1n) is 9.52. The normalized spacial score (nSPS) is 11.6. The molecule has 2 aromatic carbocycles. The van der Waals surface area contributed by atoms with Crippen molar-refractivity contribution in [2.24, 2.45) is 0 Å². The van der Waals surface area contributed by atoms with Crippen molar-refractivity contribution in [1.82, 2.24) is 4.98 Å². The van der Waals surface area contributed by atoms with Gasteiger partial charge in [0.2, 0.25) is 5.91 Å². The molecule has 0 spiro atoms. The Kier molecular flexibility index (Phi) is 6.49. The molecule has 2 aromatic heterocycles. The van der Waals surface area contributed by atoms with Gasteiger partial charge in [0.25, 0.3) is 5.91 Å². The highest BCUT2D eigenvalue weighted by Crippen LogP contribution is 2.28. The molecule has 0 bridgehead atoms. The first-order valence-corrected chi connectivity index (χ1v) is 11.3. The number of rotatable bonds is 7. The highest BCUT2D eigenvalue weighted by Gasteiger charge is 2.17. The largest absolute Gasteiger partial charge is 0.459 e. The number of anilines is 2. The van der Waals surface area contributed by atoms with Crippen LogP contribution < -0.4 is 10.6 Å². The maximum Gasteiger partial charge on any atom is 0.291 e. The number of nitrogens with one attached hydrogen (secondary N) is 2. The summed E-state index contributed by atoms with van der Waals surface area (Å²) in [6.45, 7) is 1.85. The second kappa shape index (κ2) is 9.63. The molecular formula is C23H19N3O3S2. The van der Waals surface area contributed by atoms with Crippen LogP contribution in [0.2, 0.25) is 0 Å². The number of nitrogens with zero attached hydrogens (tertiary/aromatic N) is 1. The zero-order chi connectivity index (χ0) is 21.6. The average Bonchev–Trinajstić information content (AvgIpc) is 3.48. The second-order valence-electron chi connectivity index (χ2n) is 6.61. The lowest BCUT2D eigenvalue weighted by molar-refractivity contribution is -0.115. The molecule has 0 saturated heterocycles. The molecule has 6 nitrogen and oxygen atoms in total. The van der Waals surface area contributed by atoms with Gasteiger partial charge in [0.1, 0.15) is 0 Å². The van der Waals surface area contributed by atoms with Crippen molar-refractivity contribution >= 4 is 45.7 Å². The fourth-order valence-corrected chi connectivity index (χ4v) is 4.34. The molecule has 4 rings (SSSR count). The maximum atomic E-state index is 12.6. The Morgan fingerprint density at radius 3 is 2.48 bits per heavy atom. The minimum Gasteiger partial charge on any atom is -0.459 e. The first kappa shape index (κ1) is 20.9. The van der Waals surface area contributed by atoms with Crippen LogP contribution in [0.4, 0.5) is 10.8 Å². The molecule has 2 amide bonds. The van der Waals surface area contributed by atoms with Crippen molar-refractivity contribution in [3.8, 4) is 11.3 Å². The zero-order valence-electron chi connectivity index (χ0n) is 16.6. The van der Waals surface area contributed by atoms with Gasteiger partial charge in [-0.25, -0.2) is 4.98 Å². The fourth-order valence-electron chi connectivity index (χ4n) is 2.75. The van der Waals surface area contributed by atoms with E-state index in [-0.39, 0.29) is 22.8 Å². The Morgan fingerprint density at radius 1 is 1.00 bits per heavy atom. The smallest absolute Gasteiger partial charge is 0.291 e. The van der Waals surface area contributed by atoms with E-state index in [4.69, 9.17) is 4.42 Å². The van der Waals surface area contributed by atoms with Gasteiger partial charge in [-0.3, -0.25) is 9.59 Å². The predicted octanol–water partition coefficient (Wildman–Crippen LogP) is 5.77. The number of benzene rings is 2. The lowest BCUT2D eigenvalue weighted by Crippen LogP contribution is -2.22. The number of thioether (sulfide) groups is 1.